The van der Waals surface area contributed by atoms with E-state index in [1.54, 1.807) is 29.9 Å². The van der Waals surface area contributed by atoms with Crippen LogP contribution in [0.15, 0.2) is 83.4 Å². The minimum absolute atomic E-state index is 0.261. The predicted molar refractivity (Wildman–Crippen MR) is 130 cm³/mol. The molecule has 4 aromatic rings. The fourth-order valence-corrected chi connectivity index (χ4v) is 4.70. The number of nitrogens with zero attached hydrogens (tertiary/aromatic N) is 5. The van der Waals surface area contributed by atoms with Crippen LogP contribution in [0.3, 0.4) is 0 Å². The molecule has 0 unspecified atom stereocenters. The molecule has 1 fully saturated rings. The Bertz CT molecular complexity index is 1220. The van der Waals surface area contributed by atoms with Gasteiger partial charge in [0.1, 0.15) is 12.3 Å². The second kappa shape index (κ2) is 9.97. The molecule has 4 heterocycles. The molecule has 3 aromatic heterocycles. The number of pyridine rings is 1. The SMILES string of the molecule is O=c1c(OCc2cccnc2)c(N2CCN(Cc3cccs3)CC2)cnn1-c1ccccc1. The molecule has 0 N–H and O–H groups in total. The first-order valence-corrected chi connectivity index (χ1v) is 11.8. The summed E-state index contributed by atoms with van der Waals surface area (Å²) in [6.07, 6.45) is 5.22. The number of hydrogen-bond donors (Lipinski definition) is 0. The third-order valence-corrected chi connectivity index (χ3v) is 6.56. The van der Waals surface area contributed by atoms with Crippen LogP contribution in [0.5, 0.6) is 5.75 Å². The zero-order chi connectivity index (χ0) is 22.5. The molecule has 7 nitrogen and oxygen atoms in total. The van der Waals surface area contributed by atoms with Gasteiger partial charge in [-0.3, -0.25) is 14.7 Å². The van der Waals surface area contributed by atoms with Gasteiger partial charge in [-0.2, -0.15) is 9.78 Å². The molecule has 0 bridgehead atoms. The fraction of sp³-hybridized carbons (Fsp3) is 0.240. The minimum Gasteiger partial charge on any atom is -0.481 e. The Morgan fingerprint density at radius 1 is 0.939 bits per heavy atom. The van der Waals surface area contributed by atoms with Crippen LogP contribution >= 0.6 is 11.3 Å². The number of hydrogen-bond acceptors (Lipinski definition) is 7. The van der Waals surface area contributed by atoms with E-state index in [-0.39, 0.29) is 12.2 Å². The lowest BCUT2D eigenvalue weighted by Gasteiger charge is -2.36. The molecule has 0 aliphatic carbocycles. The van der Waals surface area contributed by atoms with Crippen LogP contribution in [0, 0.1) is 0 Å². The molecule has 0 saturated carbocycles. The molecule has 8 heteroatoms. The Hall–Kier alpha value is -3.49. The van der Waals surface area contributed by atoms with Crippen LogP contribution in [0.2, 0.25) is 0 Å². The van der Waals surface area contributed by atoms with Crippen LogP contribution in [-0.2, 0) is 13.2 Å². The van der Waals surface area contributed by atoms with Crippen molar-refractivity contribution in [2.75, 3.05) is 31.1 Å². The van der Waals surface area contributed by atoms with Crippen molar-refractivity contribution < 1.29 is 4.74 Å². The summed E-state index contributed by atoms with van der Waals surface area (Å²) in [5, 5.41) is 6.59. The average molecular weight is 460 g/mol. The van der Waals surface area contributed by atoms with Crippen molar-refractivity contribution in [1.29, 1.82) is 0 Å². The summed E-state index contributed by atoms with van der Waals surface area (Å²) in [5.41, 5.74) is 2.10. The van der Waals surface area contributed by atoms with Crippen molar-refractivity contribution in [3.8, 4) is 11.4 Å². The first kappa shape index (κ1) is 21.4. The van der Waals surface area contributed by atoms with Gasteiger partial charge in [0, 0.05) is 55.6 Å². The summed E-state index contributed by atoms with van der Waals surface area (Å²) in [4.78, 5) is 23.6. The number of aromatic nitrogens is 3. The van der Waals surface area contributed by atoms with Crippen molar-refractivity contribution >= 4 is 17.0 Å². The van der Waals surface area contributed by atoms with Gasteiger partial charge in [-0.15, -0.1) is 11.3 Å². The Kier molecular flexibility index (Phi) is 6.46. The van der Waals surface area contributed by atoms with E-state index in [1.165, 1.54) is 9.56 Å². The van der Waals surface area contributed by atoms with Crippen LogP contribution in [0.4, 0.5) is 5.69 Å². The van der Waals surface area contributed by atoms with E-state index in [2.05, 4.69) is 37.4 Å². The lowest BCUT2D eigenvalue weighted by molar-refractivity contribution is 0.249. The van der Waals surface area contributed by atoms with Crippen molar-refractivity contribution in [3.05, 3.63) is 99.4 Å². The molecule has 1 aliphatic rings. The number of piperazine rings is 1. The summed E-state index contributed by atoms with van der Waals surface area (Å²) >= 11 is 1.79. The monoisotopic (exact) mass is 459 g/mol. The van der Waals surface area contributed by atoms with E-state index in [0.717, 1.165) is 44.0 Å². The van der Waals surface area contributed by atoms with Gasteiger partial charge in [0.25, 0.3) is 0 Å². The maximum absolute atomic E-state index is 13.5. The molecule has 168 valence electrons. The zero-order valence-electron chi connectivity index (χ0n) is 18.2. The van der Waals surface area contributed by atoms with Gasteiger partial charge in [-0.1, -0.05) is 30.3 Å². The number of ether oxygens (including phenoxy) is 1. The van der Waals surface area contributed by atoms with Crippen LogP contribution in [0.1, 0.15) is 10.4 Å². The van der Waals surface area contributed by atoms with Gasteiger partial charge >= 0.3 is 5.56 Å². The highest BCUT2D eigenvalue weighted by molar-refractivity contribution is 7.09. The highest BCUT2D eigenvalue weighted by atomic mass is 32.1. The molecular formula is C25H25N5O2S. The second-order valence-corrected chi connectivity index (χ2v) is 8.94. The molecule has 1 aliphatic heterocycles. The summed E-state index contributed by atoms with van der Waals surface area (Å²) < 4.78 is 7.51. The summed E-state index contributed by atoms with van der Waals surface area (Å²) in [6, 6.07) is 17.5. The molecule has 0 atom stereocenters. The maximum Gasteiger partial charge on any atom is 0.316 e. The Balaban J connectivity index is 1.40. The number of benzene rings is 1. The molecule has 0 spiro atoms. The van der Waals surface area contributed by atoms with Crippen molar-refractivity contribution in [2.45, 2.75) is 13.2 Å². The summed E-state index contributed by atoms with van der Waals surface area (Å²) in [6.45, 7) is 4.69. The van der Waals surface area contributed by atoms with E-state index in [9.17, 15) is 4.79 Å². The minimum atomic E-state index is -0.261. The highest BCUT2D eigenvalue weighted by Crippen LogP contribution is 2.26. The van der Waals surface area contributed by atoms with Gasteiger partial charge in [0.05, 0.1) is 11.9 Å². The Morgan fingerprint density at radius 3 is 2.52 bits per heavy atom. The summed E-state index contributed by atoms with van der Waals surface area (Å²) in [5.74, 6) is 0.324. The fourth-order valence-electron chi connectivity index (χ4n) is 3.95. The van der Waals surface area contributed by atoms with Crippen molar-refractivity contribution in [2.24, 2.45) is 0 Å². The molecular weight excluding hydrogens is 434 g/mol. The Labute approximate surface area is 196 Å². The van der Waals surface area contributed by atoms with Crippen molar-refractivity contribution in [3.63, 3.8) is 0 Å². The number of para-hydroxylation sites is 1. The molecule has 0 amide bonds. The van der Waals surface area contributed by atoms with Gasteiger partial charge in [-0.25, -0.2) is 0 Å². The van der Waals surface area contributed by atoms with E-state index in [0.29, 0.717) is 11.4 Å². The Morgan fingerprint density at radius 2 is 1.79 bits per heavy atom. The number of thiophene rings is 1. The summed E-state index contributed by atoms with van der Waals surface area (Å²) in [7, 11) is 0. The van der Waals surface area contributed by atoms with E-state index in [4.69, 9.17) is 4.74 Å². The smallest absolute Gasteiger partial charge is 0.316 e. The third-order valence-electron chi connectivity index (χ3n) is 5.69. The zero-order valence-corrected chi connectivity index (χ0v) is 19.0. The largest absolute Gasteiger partial charge is 0.481 e. The van der Waals surface area contributed by atoms with E-state index < -0.39 is 0 Å². The third kappa shape index (κ3) is 4.97. The molecule has 33 heavy (non-hydrogen) atoms. The van der Waals surface area contributed by atoms with Gasteiger partial charge in [0.15, 0.2) is 0 Å². The number of anilines is 1. The van der Waals surface area contributed by atoms with Crippen molar-refractivity contribution in [1.82, 2.24) is 19.7 Å². The lowest BCUT2D eigenvalue weighted by atomic mass is 10.2. The average Bonchev–Trinajstić information content (AvgIpc) is 3.38. The number of rotatable bonds is 7. The van der Waals surface area contributed by atoms with Crippen LogP contribution in [-0.4, -0.2) is 45.8 Å². The van der Waals surface area contributed by atoms with Gasteiger partial charge < -0.3 is 9.64 Å². The van der Waals surface area contributed by atoms with Crippen LogP contribution in [0.25, 0.3) is 5.69 Å². The first-order chi connectivity index (χ1) is 16.3. The predicted octanol–water partition coefficient (Wildman–Crippen LogP) is 3.59. The van der Waals surface area contributed by atoms with Gasteiger partial charge in [0.2, 0.25) is 5.75 Å². The topological polar surface area (TPSA) is 63.5 Å². The standard InChI is InChI=1S/C25H25N5O2S/c31-25-24(32-19-20-6-4-10-26-16-20)23(17-27-30(25)21-7-2-1-3-8-21)29-13-11-28(12-14-29)18-22-9-5-15-33-22/h1-10,15-17H,11-14,18-19H2. The van der Waals surface area contributed by atoms with Gasteiger partial charge in [-0.05, 0) is 29.6 Å². The lowest BCUT2D eigenvalue weighted by Crippen LogP contribution is -2.46. The highest BCUT2D eigenvalue weighted by Gasteiger charge is 2.23. The maximum atomic E-state index is 13.5. The normalized spacial score (nSPS) is 14.4. The van der Waals surface area contributed by atoms with E-state index in [1.807, 2.05) is 42.5 Å². The quantitative estimate of drug-likeness (QED) is 0.421. The van der Waals surface area contributed by atoms with E-state index >= 15 is 0 Å². The molecule has 0 radical (unpaired) electrons. The first-order valence-electron chi connectivity index (χ1n) is 11.0. The second-order valence-electron chi connectivity index (χ2n) is 7.90. The molecule has 1 aromatic carbocycles. The molecule has 1 saturated heterocycles. The molecule has 5 rings (SSSR count). The van der Waals surface area contributed by atoms with Crippen LogP contribution < -0.4 is 15.2 Å².